The maximum Gasteiger partial charge on any atom is 0.362 e. The Morgan fingerprint density at radius 2 is 1.82 bits per heavy atom. The lowest BCUT2D eigenvalue weighted by Gasteiger charge is -2.53. The number of hydrogen-bond acceptors (Lipinski definition) is 9. The van der Waals surface area contributed by atoms with Gasteiger partial charge in [-0.25, -0.2) is 0 Å². The molecule has 34 heavy (non-hydrogen) atoms. The first-order chi connectivity index (χ1) is 15.8. The number of ketones is 3. The Bertz CT molecular complexity index is 1270. The summed E-state index contributed by atoms with van der Waals surface area (Å²) in [5, 5.41) is 44.7. The Balaban J connectivity index is 2.04. The van der Waals surface area contributed by atoms with Crippen LogP contribution in [0, 0.1) is 17.8 Å². The summed E-state index contributed by atoms with van der Waals surface area (Å²) in [5.41, 5.74) is 9.27. The number of aliphatic hydroxyl groups is 4. The van der Waals surface area contributed by atoms with Crippen molar-refractivity contribution in [3.63, 3.8) is 0 Å². The van der Waals surface area contributed by atoms with E-state index in [4.69, 9.17) is 11.3 Å². The molecule has 6 atom stereocenters. The highest BCUT2D eigenvalue weighted by Crippen LogP contribution is 2.54. The smallest absolute Gasteiger partial charge is 0.362 e. The summed E-state index contributed by atoms with van der Waals surface area (Å²) in [6.07, 6.45) is 0.928. The van der Waals surface area contributed by atoms with Crippen molar-refractivity contribution in [2.24, 2.45) is 23.5 Å². The van der Waals surface area contributed by atoms with E-state index >= 15 is 0 Å². The summed E-state index contributed by atoms with van der Waals surface area (Å²) in [4.78, 5) is 55.6. The monoisotopic (exact) mass is 470 g/mol. The van der Waals surface area contributed by atoms with Crippen LogP contribution in [-0.4, -0.2) is 90.9 Å². The number of aliphatic hydroxyl groups excluding tert-OH is 3. The molecule has 0 saturated heterocycles. The lowest BCUT2D eigenvalue weighted by atomic mass is 9.54. The molecule has 0 heterocycles. The largest absolute Gasteiger partial charge is 0.508 e. The molecule has 6 N–H and O–H groups in total. The van der Waals surface area contributed by atoms with Gasteiger partial charge >= 0.3 is 5.71 Å². The molecule has 0 spiro atoms. The lowest BCUT2D eigenvalue weighted by Crippen LogP contribution is -2.70. The van der Waals surface area contributed by atoms with Crippen molar-refractivity contribution < 1.29 is 44.4 Å². The molecule has 0 aliphatic heterocycles. The maximum atomic E-state index is 13.7. The summed E-state index contributed by atoms with van der Waals surface area (Å²) in [6.45, 7) is 1.58. The standard InChI is InChI=1S/C22H22N4O8/c1-6-7-4-5-8(25-24)15(27)10(7)16(28)11-9(6)17(29)13-14(26(2)3)18(30)12(21(23)33)20(32)22(13,34)19(11)31/h4-6,9,13-14,17,28-29,32,34H,1-3H3,(H2,23,33)/t6-,9+,13+,14-,17-,22-/m0/s1. The van der Waals surface area contributed by atoms with E-state index in [9.17, 15) is 39.6 Å². The van der Waals surface area contributed by atoms with E-state index < -0.39 is 87.1 Å². The van der Waals surface area contributed by atoms with Gasteiger partial charge in [-0.2, -0.15) is 4.79 Å². The van der Waals surface area contributed by atoms with Crippen LogP contribution in [0.5, 0.6) is 0 Å². The minimum Gasteiger partial charge on any atom is -0.508 e. The number of nitrogens with two attached hydrogens (primary N) is 1. The van der Waals surface area contributed by atoms with E-state index in [1.807, 2.05) is 0 Å². The van der Waals surface area contributed by atoms with Crippen LogP contribution in [0.15, 0.2) is 46.0 Å². The average molecular weight is 470 g/mol. The van der Waals surface area contributed by atoms with Crippen molar-refractivity contribution in [2.75, 3.05) is 14.1 Å². The highest BCUT2D eigenvalue weighted by atomic mass is 16.4. The fourth-order valence-corrected chi connectivity index (χ4v) is 5.67. The van der Waals surface area contributed by atoms with E-state index in [1.165, 1.54) is 31.1 Å². The zero-order valence-electron chi connectivity index (χ0n) is 18.4. The van der Waals surface area contributed by atoms with E-state index in [1.54, 1.807) is 6.92 Å². The number of hydrogen-bond donors (Lipinski definition) is 5. The molecule has 0 aromatic rings. The minimum atomic E-state index is -2.99. The third kappa shape index (κ3) is 2.64. The number of carbonyl (C=O) groups is 4. The van der Waals surface area contributed by atoms with E-state index in [-0.39, 0.29) is 11.1 Å². The van der Waals surface area contributed by atoms with Crippen LogP contribution in [0.3, 0.4) is 0 Å². The van der Waals surface area contributed by atoms with Gasteiger partial charge in [0, 0.05) is 17.6 Å². The first-order valence-corrected chi connectivity index (χ1v) is 10.3. The average Bonchev–Trinajstić information content (AvgIpc) is 2.75. The molecule has 1 fully saturated rings. The highest BCUT2D eigenvalue weighted by Gasteiger charge is 2.68. The van der Waals surface area contributed by atoms with Gasteiger partial charge in [0.25, 0.3) is 11.7 Å². The van der Waals surface area contributed by atoms with E-state index in [0.29, 0.717) is 0 Å². The predicted molar refractivity (Wildman–Crippen MR) is 113 cm³/mol. The van der Waals surface area contributed by atoms with Gasteiger partial charge < -0.3 is 31.7 Å². The number of allylic oxidation sites excluding steroid dienone is 4. The van der Waals surface area contributed by atoms with E-state index in [2.05, 4.69) is 4.79 Å². The van der Waals surface area contributed by atoms with Crippen LogP contribution in [0.4, 0.5) is 0 Å². The second-order valence-electron chi connectivity index (χ2n) is 9.03. The molecule has 12 nitrogen and oxygen atoms in total. The molecule has 0 radical (unpaired) electrons. The van der Waals surface area contributed by atoms with Crippen molar-refractivity contribution >= 4 is 29.0 Å². The van der Waals surface area contributed by atoms with Gasteiger partial charge in [0.1, 0.15) is 17.1 Å². The molecule has 1 amide bonds. The van der Waals surface area contributed by atoms with Gasteiger partial charge in [-0.3, -0.25) is 24.1 Å². The summed E-state index contributed by atoms with van der Waals surface area (Å²) in [7, 11) is 2.85. The molecule has 1 saturated carbocycles. The van der Waals surface area contributed by atoms with Crippen LogP contribution in [0.1, 0.15) is 6.92 Å². The lowest BCUT2D eigenvalue weighted by molar-refractivity contribution is -0.170. The van der Waals surface area contributed by atoms with Crippen molar-refractivity contribution in [1.29, 1.82) is 0 Å². The third-order valence-electron chi connectivity index (χ3n) is 7.20. The SMILES string of the molecule is C[C@H]1C2=C(C(=O)C(=[N+]=[N-])C=C2)C(O)=C2C(=O)[C@]3(O)C(O)=C(C(N)=O)C(=O)[C@@H](N(C)C)[C@@H]3[C@@H](O)[C@@H]21. The van der Waals surface area contributed by atoms with Crippen LogP contribution in [-0.2, 0) is 19.2 Å². The molecule has 0 aromatic heterocycles. The normalized spacial score (nSPS) is 35.4. The molecule has 0 unspecified atom stereocenters. The van der Waals surface area contributed by atoms with Gasteiger partial charge in [0.2, 0.25) is 5.78 Å². The van der Waals surface area contributed by atoms with Crippen LogP contribution >= 0.6 is 0 Å². The molecular weight excluding hydrogens is 448 g/mol. The Labute approximate surface area is 192 Å². The number of likely N-dealkylation sites (N-methyl/N-ethyl adjacent to an activating group) is 1. The molecule has 4 aliphatic carbocycles. The first-order valence-electron chi connectivity index (χ1n) is 10.3. The summed E-state index contributed by atoms with van der Waals surface area (Å²) < 4.78 is 0. The Morgan fingerprint density at radius 3 is 2.35 bits per heavy atom. The highest BCUT2D eigenvalue weighted by molar-refractivity contribution is 6.49. The number of carbonyl (C=O) groups excluding carboxylic acids is 4. The van der Waals surface area contributed by atoms with Gasteiger partial charge in [0.15, 0.2) is 11.4 Å². The van der Waals surface area contributed by atoms with Gasteiger partial charge in [-0.05, 0) is 31.7 Å². The van der Waals surface area contributed by atoms with Crippen molar-refractivity contribution in [3.05, 3.63) is 51.5 Å². The Morgan fingerprint density at radius 1 is 1.21 bits per heavy atom. The number of fused-ring (bicyclic) bond motifs is 2. The van der Waals surface area contributed by atoms with Crippen molar-refractivity contribution in [2.45, 2.75) is 24.7 Å². The van der Waals surface area contributed by atoms with Crippen LogP contribution < -0.4 is 5.73 Å². The predicted octanol–water partition coefficient (Wildman–Crippen LogP) is -1.73. The second-order valence-corrected chi connectivity index (χ2v) is 9.03. The first kappa shape index (κ1) is 23.5. The summed E-state index contributed by atoms with van der Waals surface area (Å²) in [5.74, 6) is -10.3. The van der Waals surface area contributed by atoms with E-state index in [0.717, 1.165) is 0 Å². The molecule has 178 valence electrons. The quantitative estimate of drug-likeness (QED) is 0.134. The molecule has 4 rings (SSSR count). The zero-order valence-corrected chi connectivity index (χ0v) is 18.4. The topological polar surface area (TPSA) is 215 Å². The fraction of sp³-hybridized carbons (Fsp3) is 0.409. The summed E-state index contributed by atoms with van der Waals surface area (Å²) >= 11 is 0. The van der Waals surface area contributed by atoms with Crippen molar-refractivity contribution in [3.8, 4) is 0 Å². The molecule has 4 aliphatic rings. The number of nitrogens with zero attached hydrogens (tertiary/aromatic N) is 3. The maximum absolute atomic E-state index is 13.7. The van der Waals surface area contributed by atoms with Gasteiger partial charge in [-0.1, -0.05) is 6.92 Å². The Kier molecular flexibility index (Phi) is 5.11. The number of Topliss-reactive ketones (excluding diaryl/α,β-unsaturated/α-hetero) is 3. The Hall–Kier alpha value is -3.70. The molecule has 0 aromatic carbocycles. The van der Waals surface area contributed by atoms with Crippen molar-refractivity contribution in [1.82, 2.24) is 4.90 Å². The van der Waals surface area contributed by atoms with Gasteiger partial charge in [-0.15, -0.1) is 0 Å². The molecule has 12 heteroatoms. The molecule has 0 bridgehead atoms. The van der Waals surface area contributed by atoms with Crippen LogP contribution in [0.2, 0.25) is 0 Å². The third-order valence-corrected chi connectivity index (χ3v) is 7.20. The van der Waals surface area contributed by atoms with Crippen LogP contribution in [0.25, 0.3) is 5.53 Å². The number of amides is 1. The second kappa shape index (κ2) is 7.40. The number of primary amides is 1. The minimum absolute atomic E-state index is 0.252. The number of rotatable bonds is 2. The zero-order chi connectivity index (χ0) is 25.4. The molecular formula is C22H22N4O8. The summed E-state index contributed by atoms with van der Waals surface area (Å²) in [6, 6.07) is -1.43. The van der Waals surface area contributed by atoms with Gasteiger partial charge in [0.05, 0.1) is 23.6 Å². The fourth-order valence-electron chi connectivity index (χ4n) is 5.67.